The molecule has 0 radical (unpaired) electrons. The van der Waals surface area contributed by atoms with Gasteiger partial charge in [0.15, 0.2) is 0 Å². The van der Waals surface area contributed by atoms with Crippen LogP contribution in [0.1, 0.15) is 13.8 Å². The summed E-state index contributed by atoms with van der Waals surface area (Å²) in [7, 11) is 1.97. The lowest BCUT2D eigenvalue weighted by atomic mass is 10.3. The first-order valence-corrected chi connectivity index (χ1v) is 5.96. The van der Waals surface area contributed by atoms with Gasteiger partial charge in [-0.05, 0) is 12.1 Å². The van der Waals surface area contributed by atoms with Crippen molar-refractivity contribution in [2.24, 2.45) is 7.05 Å². The van der Waals surface area contributed by atoms with E-state index in [1.165, 1.54) is 0 Å². The number of aromatic nitrogens is 2. The summed E-state index contributed by atoms with van der Waals surface area (Å²) in [6, 6.07) is 9.19. The van der Waals surface area contributed by atoms with Crippen LogP contribution in [0.15, 0.2) is 24.3 Å². The monoisotopic (exact) mass is 233 g/mol. The largest absolute Gasteiger partial charge is 0.463 e. The van der Waals surface area contributed by atoms with Crippen LogP contribution in [-0.2, 0) is 7.05 Å². The van der Waals surface area contributed by atoms with Crippen molar-refractivity contribution in [3.05, 3.63) is 24.3 Å². The van der Waals surface area contributed by atoms with Crippen LogP contribution in [-0.4, -0.2) is 28.7 Å². The van der Waals surface area contributed by atoms with Crippen molar-refractivity contribution in [3.63, 3.8) is 0 Å². The van der Waals surface area contributed by atoms with Crippen molar-refractivity contribution in [2.75, 3.05) is 13.2 Å². The highest BCUT2D eigenvalue weighted by atomic mass is 16.5. The van der Waals surface area contributed by atoms with Gasteiger partial charge in [0.25, 0.3) is 6.01 Å². The Hall–Kier alpha value is -1.55. The fraction of sp³-hybridized carbons (Fsp3) is 0.462. The van der Waals surface area contributed by atoms with Crippen molar-refractivity contribution in [2.45, 2.75) is 19.9 Å². The van der Waals surface area contributed by atoms with Gasteiger partial charge in [0.2, 0.25) is 0 Å². The maximum Gasteiger partial charge on any atom is 0.297 e. The number of hydrogen-bond donors (Lipinski definition) is 1. The van der Waals surface area contributed by atoms with E-state index in [1.54, 1.807) is 0 Å². The number of imidazole rings is 1. The third kappa shape index (κ3) is 2.77. The van der Waals surface area contributed by atoms with Gasteiger partial charge in [-0.3, -0.25) is 4.57 Å². The normalized spacial score (nSPS) is 11.3. The van der Waals surface area contributed by atoms with Gasteiger partial charge < -0.3 is 10.1 Å². The second-order valence-electron chi connectivity index (χ2n) is 4.40. The lowest BCUT2D eigenvalue weighted by molar-refractivity contribution is 0.279. The molecule has 1 N–H and O–H groups in total. The van der Waals surface area contributed by atoms with E-state index in [9.17, 15) is 0 Å². The zero-order valence-corrected chi connectivity index (χ0v) is 10.6. The first-order valence-electron chi connectivity index (χ1n) is 5.96. The highest BCUT2D eigenvalue weighted by Crippen LogP contribution is 2.18. The number of hydrogen-bond acceptors (Lipinski definition) is 3. The molecular formula is C13H19N3O. The Bertz CT molecular complexity index is 490. The van der Waals surface area contributed by atoms with E-state index in [2.05, 4.69) is 24.1 Å². The molecule has 0 aliphatic carbocycles. The minimum absolute atomic E-state index is 0.485. The van der Waals surface area contributed by atoms with Gasteiger partial charge in [-0.2, -0.15) is 4.98 Å². The number of fused-ring (bicyclic) bond motifs is 1. The van der Waals surface area contributed by atoms with E-state index in [0.717, 1.165) is 17.6 Å². The summed E-state index contributed by atoms with van der Waals surface area (Å²) in [4.78, 5) is 4.44. The fourth-order valence-corrected chi connectivity index (χ4v) is 1.74. The molecule has 0 aliphatic heterocycles. The first-order chi connectivity index (χ1) is 8.18. The van der Waals surface area contributed by atoms with Crippen LogP contribution < -0.4 is 10.1 Å². The number of ether oxygens (including phenoxy) is 1. The molecular weight excluding hydrogens is 214 g/mol. The van der Waals surface area contributed by atoms with Crippen LogP contribution in [0, 0.1) is 0 Å². The van der Waals surface area contributed by atoms with Crippen molar-refractivity contribution in [1.82, 2.24) is 14.9 Å². The second-order valence-corrected chi connectivity index (χ2v) is 4.40. The maximum absolute atomic E-state index is 5.66. The summed E-state index contributed by atoms with van der Waals surface area (Å²) in [6.45, 7) is 5.71. The minimum atomic E-state index is 0.485. The van der Waals surface area contributed by atoms with E-state index >= 15 is 0 Å². The van der Waals surface area contributed by atoms with Crippen molar-refractivity contribution in [3.8, 4) is 6.01 Å². The van der Waals surface area contributed by atoms with Crippen LogP contribution in [0.3, 0.4) is 0 Å². The molecule has 0 atom stereocenters. The van der Waals surface area contributed by atoms with Crippen LogP contribution in [0.4, 0.5) is 0 Å². The smallest absolute Gasteiger partial charge is 0.297 e. The average Bonchev–Trinajstić information content (AvgIpc) is 2.63. The van der Waals surface area contributed by atoms with Crippen molar-refractivity contribution >= 4 is 11.0 Å². The number of aryl methyl sites for hydroxylation is 1. The van der Waals surface area contributed by atoms with E-state index in [1.807, 2.05) is 35.9 Å². The Morgan fingerprint density at radius 2 is 2.12 bits per heavy atom. The van der Waals surface area contributed by atoms with Crippen LogP contribution >= 0.6 is 0 Å². The fourth-order valence-electron chi connectivity index (χ4n) is 1.74. The molecule has 2 aromatic rings. The molecule has 0 unspecified atom stereocenters. The first kappa shape index (κ1) is 11.9. The lowest BCUT2D eigenvalue weighted by Crippen LogP contribution is -2.27. The molecule has 2 rings (SSSR count). The van der Waals surface area contributed by atoms with E-state index in [4.69, 9.17) is 4.74 Å². The summed E-state index contributed by atoms with van der Waals surface area (Å²) in [5.74, 6) is 0. The molecule has 0 spiro atoms. The molecule has 0 amide bonds. The molecule has 0 saturated heterocycles. The Morgan fingerprint density at radius 1 is 1.35 bits per heavy atom. The Morgan fingerprint density at radius 3 is 2.82 bits per heavy atom. The molecule has 0 aliphatic rings. The van der Waals surface area contributed by atoms with Gasteiger partial charge in [0.05, 0.1) is 11.0 Å². The van der Waals surface area contributed by atoms with Crippen molar-refractivity contribution in [1.29, 1.82) is 0 Å². The van der Waals surface area contributed by atoms with Gasteiger partial charge in [-0.1, -0.05) is 26.0 Å². The third-order valence-electron chi connectivity index (χ3n) is 2.63. The van der Waals surface area contributed by atoms with E-state index < -0.39 is 0 Å². The van der Waals surface area contributed by atoms with Gasteiger partial charge in [0, 0.05) is 19.6 Å². The second kappa shape index (κ2) is 5.19. The Kier molecular flexibility index (Phi) is 3.64. The molecule has 1 aromatic heterocycles. The molecule has 0 saturated carbocycles. The van der Waals surface area contributed by atoms with Crippen LogP contribution in [0.2, 0.25) is 0 Å². The summed E-state index contributed by atoms with van der Waals surface area (Å²) in [5, 5.41) is 3.31. The Labute approximate surface area is 102 Å². The van der Waals surface area contributed by atoms with Gasteiger partial charge in [-0.25, -0.2) is 0 Å². The SMILES string of the molecule is CC(C)NCCOc1nc2ccccc2n1C. The summed E-state index contributed by atoms with van der Waals surface area (Å²) < 4.78 is 7.64. The standard InChI is InChI=1S/C13H19N3O/c1-10(2)14-8-9-17-13-15-11-6-4-5-7-12(11)16(13)3/h4-7,10,14H,8-9H2,1-3H3. The topological polar surface area (TPSA) is 39.1 Å². The zero-order valence-electron chi connectivity index (χ0n) is 10.6. The Balaban J connectivity index is 2.01. The highest BCUT2D eigenvalue weighted by Gasteiger charge is 2.07. The molecule has 0 fully saturated rings. The highest BCUT2D eigenvalue weighted by molar-refractivity contribution is 5.76. The van der Waals surface area contributed by atoms with Gasteiger partial charge in [0.1, 0.15) is 6.61 Å². The molecule has 4 nitrogen and oxygen atoms in total. The number of para-hydroxylation sites is 2. The summed E-state index contributed by atoms with van der Waals surface area (Å²) in [6.07, 6.45) is 0. The number of nitrogens with zero attached hydrogens (tertiary/aromatic N) is 2. The molecule has 17 heavy (non-hydrogen) atoms. The average molecular weight is 233 g/mol. The third-order valence-corrected chi connectivity index (χ3v) is 2.63. The van der Waals surface area contributed by atoms with E-state index in [-0.39, 0.29) is 0 Å². The predicted octanol–water partition coefficient (Wildman–Crippen LogP) is 1.95. The molecule has 1 aromatic carbocycles. The summed E-state index contributed by atoms with van der Waals surface area (Å²) in [5.41, 5.74) is 2.07. The van der Waals surface area contributed by atoms with Crippen molar-refractivity contribution < 1.29 is 4.74 Å². The number of nitrogens with one attached hydrogen (secondary N) is 1. The molecule has 0 bridgehead atoms. The van der Waals surface area contributed by atoms with Gasteiger partial charge in [-0.15, -0.1) is 0 Å². The molecule has 4 heteroatoms. The molecule has 1 heterocycles. The minimum Gasteiger partial charge on any atom is -0.463 e. The van der Waals surface area contributed by atoms with Crippen LogP contribution in [0.5, 0.6) is 6.01 Å². The van der Waals surface area contributed by atoms with Crippen LogP contribution in [0.25, 0.3) is 11.0 Å². The zero-order chi connectivity index (χ0) is 12.3. The number of rotatable bonds is 5. The quantitative estimate of drug-likeness (QED) is 0.802. The lowest BCUT2D eigenvalue weighted by Gasteiger charge is -2.09. The number of benzene rings is 1. The predicted molar refractivity (Wildman–Crippen MR) is 69.3 cm³/mol. The van der Waals surface area contributed by atoms with Gasteiger partial charge >= 0.3 is 0 Å². The van der Waals surface area contributed by atoms with E-state index in [0.29, 0.717) is 18.7 Å². The maximum atomic E-state index is 5.66. The summed E-state index contributed by atoms with van der Waals surface area (Å²) >= 11 is 0. The molecule has 92 valence electrons.